The Labute approximate surface area is 256 Å². The fraction of sp³-hybridized carbons (Fsp3) is 0.484. The molecule has 3 aromatic heterocycles. The fourth-order valence-electron chi connectivity index (χ4n) is 6.45. The van der Waals surface area contributed by atoms with Crippen molar-refractivity contribution < 1.29 is 27.0 Å². The lowest BCUT2D eigenvalue weighted by atomic mass is 9.97. The maximum absolute atomic E-state index is 15.9. The Morgan fingerprint density at radius 2 is 1.86 bits per heavy atom. The first-order valence-electron chi connectivity index (χ1n) is 14.9. The Bertz CT molecular complexity index is 1680. The van der Waals surface area contributed by atoms with Crippen LogP contribution in [0, 0.1) is 11.6 Å². The van der Waals surface area contributed by atoms with E-state index in [1.54, 1.807) is 0 Å². The van der Waals surface area contributed by atoms with Gasteiger partial charge in [0.25, 0.3) is 5.92 Å². The van der Waals surface area contributed by atoms with Crippen LogP contribution in [0.3, 0.4) is 0 Å². The van der Waals surface area contributed by atoms with Crippen molar-refractivity contribution in [3.05, 3.63) is 47.0 Å². The van der Waals surface area contributed by atoms with Gasteiger partial charge < -0.3 is 19.7 Å². The smallest absolute Gasteiger partial charge is 0.250 e. The van der Waals surface area contributed by atoms with Gasteiger partial charge in [-0.25, -0.2) is 22.5 Å². The molecule has 7 rings (SSSR count). The van der Waals surface area contributed by atoms with Gasteiger partial charge in [0, 0.05) is 92.5 Å². The monoisotopic (exact) mass is 630 g/mol. The summed E-state index contributed by atoms with van der Waals surface area (Å²) in [5.74, 6) is -3.29. The molecule has 3 aliphatic rings. The van der Waals surface area contributed by atoms with E-state index in [0.29, 0.717) is 49.7 Å². The average molecular weight is 631 g/mol. The molecule has 1 atom stereocenters. The van der Waals surface area contributed by atoms with Crippen molar-refractivity contribution in [2.75, 3.05) is 57.9 Å². The number of methoxy groups -OCH3 is 1. The number of alkyl halides is 2. The molecule has 2 fully saturated rings. The number of benzene rings is 1. The highest BCUT2D eigenvalue weighted by Gasteiger charge is 2.41. The lowest BCUT2D eigenvalue weighted by Gasteiger charge is -2.48. The number of nitrogens with one attached hydrogen (secondary N) is 1. The van der Waals surface area contributed by atoms with Crippen LogP contribution in [0.5, 0.6) is 5.75 Å². The zero-order valence-corrected chi connectivity index (χ0v) is 25.4. The number of halogens is 4. The van der Waals surface area contributed by atoms with Gasteiger partial charge in [-0.1, -0.05) is 0 Å². The number of pyridine rings is 1. The van der Waals surface area contributed by atoms with E-state index in [9.17, 15) is 13.2 Å². The van der Waals surface area contributed by atoms with Crippen LogP contribution >= 0.6 is 11.3 Å². The minimum absolute atomic E-state index is 0.0648. The standard InChI is InChI=1S/C31H34F4N6O2S/c1-18-24-15-23(38-41(24)9-6-36-18)28-27(26-22(33)13-19(32)14-25(26)43-11-10-42-2)29-21(3-12-44-29)30(37-28)40-16-20(17-40)39-7-4-31(34,35)5-8-39/h3,12-15,18,20,36H,4-11,16-17H2,1-2H3. The number of fused-ring (bicyclic) bond motifs is 2. The number of hydrogen-bond donors (Lipinski definition) is 1. The second kappa shape index (κ2) is 11.6. The zero-order valence-electron chi connectivity index (χ0n) is 24.6. The normalized spacial score (nSPS) is 20.6. The van der Waals surface area contributed by atoms with Crippen LogP contribution in [0.25, 0.3) is 32.6 Å². The van der Waals surface area contributed by atoms with Gasteiger partial charge in [-0.2, -0.15) is 5.10 Å². The molecule has 4 aromatic rings. The summed E-state index contributed by atoms with van der Waals surface area (Å²) in [6, 6.07) is 6.22. The number of thiophene rings is 1. The van der Waals surface area contributed by atoms with Gasteiger partial charge >= 0.3 is 0 Å². The first kappa shape index (κ1) is 29.5. The van der Waals surface area contributed by atoms with E-state index in [1.807, 2.05) is 22.2 Å². The molecule has 6 heterocycles. The molecule has 44 heavy (non-hydrogen) atoms. The van der Waals surface area contributed by atoms with E-state index in [-0.39, 0.29) is 49.5 Å². The van der Waals surface area contributed by atoms with Crippen molar-refractivity contribution in [2.24, 2.45) is 0 Å². The molecule has 0 bridgehead atoms. The second-order valence-electron chi connectivity index (χ2n) is 11.7. The van der Waals surface area contributed by atoms with E-state index >= 15 is 4.39 Å². The SMILES string of the molecule is COCCOc1cc(F)cc(F)c1-c1c(-c2cc3n(n2)CCNC3C)nc(N2CC(N3CCC(F)(F)CC3)C2)c2ccsc12. The highest BCUT2D eigenvalue weighted by atomic mass is 32.1. The maximum atomic E-state index is 15.9. The molecule has 3 aliphatic heterocycles. The third kappa shape index (κ3) is 5.33. The zero-order chi connectivity index (χ0) is 30.6. The summed E-state index contributed by atoms with van der Waals surface area (Å²) in [4.78, 5) is 9.46. The van der Waals surface area contributed by atoms with Crippen LogP contribution in [0.15, 0.2) is 29.6 Å². The topological polar surface area (TPSA) is 67.7 Å². The molecule has 2 saturated heterocycles. The minimum atomic E-state index is -2.59. The number of piperidine rings is 1. The largest absolute Gasteiger partial charge is 0.490 e. The summed E-state index contributed by atoms with van der Waals surface area (Å²) < 4.78 is 71.7. The Balaban J connectivity index is 1.34. The van der Waals surface area contributed by atoms with Crippen LogP contribution in [-0.2, 0) is 11.3 Å². The number of likely N-dealkylation sites (tertiary alicyclic amines) is 1. The van der Waals surface area contributed by atoms with Crippen molar-refractivity contribution in [1.29, 1.82) is 0 Å². The highest BCUT2D eigenvalue weighted by molar-refractivity contribution is 7.18. The fourth-order valence-corrected chi connectivity index (χ4v) is 7.39. The molecule has 13 heteroatoms. The van der Waals surface area contributed by atoms with Crippen LogP contribution in [0.1, 0.15) is 31.5 Å². The molecule has 8 nitrogen and oxygen atoms in total. The first-order chi connectivity index (χ1) is 21.2. The van der Waals surface area contributed by atoms with Crippen molar-refractivity contribution in [3.8, 4) is 28.3 Å². The van der Waals surface area contributed by atoms with Crippen LogP contribution in [0.2, 0.25) is 0 Å². The molecule has 0 amide bonds. The molecule has 0 saturated carbocycles. The van der Waals surface area contributed by atoms with Gasteiger partial charge in [0.2, 0.25) is 0 Å². The third-order valence-electron chi connectivity index (χ3n) is 8.88. The first-order valence-corrected chi connectivity index (χ1v) is 15.8. The lowest BCUT2D eigenvalue weighted by Crippen LogP contribution is -2.61. The van der Waals surface area contributed by atoms with Crippen LogP contribution in [0.4, 0.5) is 23.4 Å². The second-order valence-corrected chi connectivity index (χ2v) is 12.6. The molecule has 0 radical (unpaired) electrons. The van der Waals surface area contributed by atoms with E-state index in [4.69, 9.17) is 19.6 Å². The van der Waals surface area contributed by atoms with Gasteiger partial charge in [0.05, 0.1) is 24.4 Å². The quantitative estimate of drug-likeness (QED) is 0.198. The Morgan fingerprint density at radius 1 is 1.07 bits per heavy atom. The van der Waals surface area contributed by atoms with E-state index in [1.165, 1.54) is 24.5 Å². The van der Waals surface area contributed by atoms with Gasteiger partial charge in [-0.05, 0) is 24.4 Å². The molecule has 234 valence electrons. The van der Waals surface area contributed by atoms with Crippen molar-refractivity contribution >= 4 is 27.2 Å². The minimum Gasteiger partial charge on any atom is -0.490 e. The predicted octanol–water partition coefficient (Wildman–Crippen LogP) is 5.71. The summed E-state index contributed by atoms with van der Waals surface area (Å²) in [6.45, 7) is 5.93. The summed E-state index contributed by atoms with van der Waals surface area (Å²) in [5, 5.41) is 11.1. The number of ether oxygens (including phenoxy) is 2. The van der Waals surface area contributed by atoms with Crippen molar-refractivity contribution in [2.45, 2.75) is 44.3 Å². The molecular weight excluding hydrogens is 596 g/mol. The Hall–Kier alpha value is -3.26. The Morgan fingerprint density at radius 3 is 2.61 bits per heavy atom. The third-order valence-corrected chi connectivity index (χ3v) is 9.81. The molecular formula is C31H34F4N6O2S. The molecule has 0 spiro atoms. The number of aromatic nitrogens is 3. The van der Waals surface area contributed by atoms with Crippen LogP contribution in [-0.4, -0.2) is 84.7 Å². The summed E-state index contributed by atoms with van der Waals surface area (Å²) in [6.07, 6.45) is -0.239. The number of hydrogen-bond acceptors (Lipinski definition) is 8. The van der Waals surface area contributed by atoms with Gasteiger partial charge in [0.15, 0.2) is 0 Å². The number of nitrogens with zero attached hydrogens (tertiary/aromatic N) is 5. The van der Waals surface area contributed by atoms with Crippen LogP contribution < -0.4 is 15.0 Å². The van der Waals surface area contributed by atoms with Crippen molar-refractivity contribution in [1.82, 2.24) is 25.0 Å². The maximum Gasteiger partial charge on any atom is 0.250 e. The predicted molar refractivity (Wildman–Crippen MR) is 162 cm³/mol. The van der Waals surface area contributed by atoms with Gasteiger partial charge in [0.1, 0.15) is 41.2 Å². The summed E-state index contributed by atoms with van der Waals surface area (Å²) >= 11 is 1.45. The Kier molecular flexibility index (Phi) is 7.76. The van der Waals surface area contributed by atoms with Gasteiger partial charge in [-0.15, -0.1) is 11.3 Å². The lowest BCUT2D eigenvalue weighted by molar-refractivity contribution is -0.0650. The van der Waals surface area contributed by atoms with E-state index in [0.717, 1.165) is 34.2 Å². The number of anilines is 1. The van der Waals surface area contributed by atoms with Gasteiger partial charge in [-0.3, -0.25) is 9.58 Å². The number of rotatable bonds is 8. The molecule has 1 unspecified atom stereocenters. The molecule has 1 N–H and O–H groups in total. The highest BCUT2D eigenvalue weighted by Crippen LogP contribution is 2.48. The van der Waals surface area contributed by atoms with E-state index < -0.39 is 17.6 Å². The van der Waals surface area contributed by atoms with E-state index in [2.05, 4.69) is 22.0 Å². The average Bonchev–Trinajstić information content (AvgIpc) is 3.62. The summed E-state index contributed by atoms with van der Waals surface area (Å²) in [5.41, 5.74) is 2.68. The molecule has 1 aromatic carbocycles. The molecule has 0 aliphatic carbocycles. The van der Waals surface area contributed by atoms with Crippen molar-refractivity contribution in [3.63, 3.8) is 0 Å². The summed E-state index contributed by atoms with van der Waals surface area (Å²) in [7, 11) is 1.53.